The van der Waals surface area contributed by atoms with Gasteiger partial charge in [-0.15, -0.1) is 5.10 Å². The van der Waals surface area contributed by atoms with Crippen molar-refractivity contribution in [2.24, 2.45) is 0 Å². The standard InChI is InChI=1S/C19H18N4O2/c24-19(20-16-10-11-25-18-9-5-4-8-15(16)18)17-13-23(22-21-17)12-14-6-2-1-3-7-14/h1-9,13,16H,10-12H2,(H,20,24)/t16-/m0/s1. The summed E-state index contributed by atoms with van der Waals surface area (Å²) in [5, 5.41) is 11.1. The summed E-state index contributed by atoms with van der Waals surface area (Å²) in [6.45, 7) is 1.17. The Labute approximate surface area is 145 Å². The molecule has 1 aliphatic rings. The molecule has 6 heteroatoms. The number of fused-ring (bicyclic) bond motifs is 1. The molecular formula is C19H18N4O2. The summed E-state index contributed by atoms with van der Waals surface area (Å²) in [5.74, 6) is 0.604. The summed E-state index contributed by atoms with van der Waals surface area (Å²) in [5.41, 5.74) is 2.43. The van der Waals surface area contributed by atoms with Crippen molar-refractivity contribution < 1.29 is 9.53 Å². The summed E-state index contributed by atoms with van der Waals surface area (Å²) in [4.78, 5) is 12.5. The topological polar surface area (TPSA) is 69.0 Å². The smallest absolute Gasteiger partial charge is 0.273 e. The highest BCUT2D eigenvalue weighted by atomic mass is 16.5. The third-order valence-electron chi connectivity index (χ3n) is 4.22. The number of carbonyl (C=O) groups excluding carboxylic acids is 1. The number of benzene rings is 2. The van der Waals surface area contributed by atoms with Crippen LogP contribution in [0.3, 0.4) is 0 Å². The number of carbonyl (C=O) groups is 1. The summed E-state index contributed by atoms with van der Waals surface area (Å²) < 4.78 is 7.30. The van der Waals surface area contributed by atoms with E-state index in [0.29, 0.717) is 18.8 Å². The predicted molar refractivity (Wildman–Crippen MR) is 92.3 cm³/mol. The van der Waals surface area contributed by atoms with E-state index >= 15 is 0 Å². The van der Waals surface area contributed by atoms with Crippen LogP contribution in [-0.2, 0) is 6.54 Å². The molecule has 0 radical (unpaired) electrons. The van der Waals surface area contributed by atoms with Gasteiger partial charge in [0.05, 0.1) is 25.4 Å². The number of rotatable bonds is 4. The lowest BCUT2D eigenvalue weighted by Crippen LogP contribution is -2.32. The Morgan fingerprint density at radius 1 is 1.16 bits per heavy atom. The molecule has 0 bridgehead atoms. The maximum Gasteiger partial charge on any atom is 0.273 e. The average molecular weight is 334 g/mol. The molecule has 0 saturated carbocycles. The molecule has 126 valence electrons. The van der Waals surface area contributed by atoms with E-state index in [-0.39, 0.29) is 11.9 Å². The quantitative estimate of drug-likeness (QED) is 0.796. The van der Waals surface area contributed by atoms with Crippen LogP contribution < -0.4 is 10.1 Å². The Morgan fingerprint density at radius 3 is 2.84 bits per heavy atom. The van der Waals surface area contributed by atoms with E-state index in [2.05, 4.69) is 15.6 Å². The van der Waals surface area contributed by atoms with Gasteiger partial charge in [-0.1, -0.05) is 53.7 Å². The maximum absolute atomic E-state index is 12.5. The Balaban J connectivity index is 1.46. The first-order valence-corrected chi connectivity index (χ1v) is 8.26. The molecule has 2 heterocycles. The van der Waals surface area contributed by atoms with Gasteiger partial charge in [0, 0.05) is 12.0 Å². The molecule has 4 rings (SSSR count). The van der Waals surface area contributed by atoms with Crippen molar-refractivity contribution in [1.82, 2.24) is 20.3 Å². The number of ether oxygens (including phenoxy) is 1. The molecule has 0 saturated heterocycles. The SMILES string of the molecule is O=C(N[C@H]1CCOc2ccccc21)c1cn(Cc2ccccc2)nn1. The molecule has 2 aromatic carbocycles. The molecule has 0 unspecified atom stereocenters. The Bertz CT molecular complexity index is 876. The third-order valence-corrected chi connectivity index (χ3v) is 4.22. The van der Waals surface area contributed by atoms with Gasteiger partial charge in [0.15, 0.2) is 5.69 Å². The van der Waals surface area contributed by atoms with Crippen LogP contribution in [0.25, 0.3) is 0 Å². The fraction of sp³-hybridized carbons (Fsp3) is 0.211. The van der Waals surface area contributed by atoms with Crippen molar-refractivity contribution in [1.29, 1.82) is 0 Å². The minimum absolute atomic E-state index is 0.0725. The van der Waals surface area contributed by atoms with Crippen molar-refractivity contribution in [2.75, 3.05) is 6.61 Å². The zero-order valence-electron chi connectivity index (χ0n) is 13.6. The first kappa shape index (κ1) is 15.4. The highest BCUT2D eigenvalue weighted by Gasteiger charge is 2.24. The number of para-hydroxylation sites is 1. The van der Waals surface area contributed by atoms with Crippen LogP contribution in [0.2, 0.25) is 0 Å². The molecule has 1 atom stereocenters. The fourth-order valence-corrected chi connectivity index (χ4v) is 2.97. The fourth-order valence-electron chi connectivity index (χ4n) is 2.97. The number of nitrogens with one attached hydrogen (secondary N) is 1. The number of hydrogen-bond acceptors (Lipinski definition) is 4. The molecule has 25 heavy (non-hydrogen) atoms. The number of hydrogen-bond donors (Lipinski definition) is 1. The normalized spacial score (nSPS) is 15.9. The molecule has 0 aliphatic carbocycles. The van der Waals surface area contributed by atoms with E-state index in [0.717, 1.165) is 23.3 Å². The van der Waals surface area contributed by atoms with E-state index in [1.54, 1.807) is 10.9 Å². The summed E-state index contributed by atoms with van der Waals surface area (Å²) >= 11 is 0. The van der Waals surface area contributed by atoms with Gasteiger partial charge in [0.2, 0.25) is 0 Å². The second-order valence-electron chi connectivity index (χ2n) is 5.99. The largest absolute Gasteiger partial charge is 0.493 e. The van der Waals surface area contributed by atoms with Gasteiger partial charge >= 0.3 is 0 Å². The Kier molecular flexibility index (Phi) is 4.16. The Morgan fingerprint density at radius 2 is 1.96 bits per heavy atom. The number of aromatic nitrogens is 3. The average Bonchev–Trinajstić information content (AvgIpc) is 3.11. The van der Waals surface area contributed by atoms with Gasteiger partial charge in [0.1, 0.15) is 5.75 Å². The zero-order chi connectivity index (χ0) is 17.1. The molecule has 1 amide bonds. The van der Waals surface area contributed by atoms with Crippen LogP contribution in [0.1, 0.15) is 34.1 Å². The lowest BCUT2D eigenvalue weighted by Gasteiger charge is -2.26. The molecule has 6 nitrogen and oxygen atoms in total. The molecule has 1 aliphatic heterocycles. The maximum atomic E-state index is 12.5. The summed E-state index contributed by atoms with van der Waals surface area (Å²) in [6, 6.07) is 17.6. The van der Waals surface area contributed by atoms with Crippen LogP contribution >= 0.6 is 0 Å². The highest BCUT2D eigenvalue weighted by Crippen LogP contribution is 2.31. The minimum Gasteiger partial charge on any atom is -0.493 e. The van der Waals surface area contributed by atoms with Crippen LogP contribution in [0.15, 0.2) is 60.8 Å². The second kappa shape index (κ2) is 6.76. The lowest BCUT2D eigenvalue weighted by atomic mass is 10.0. The van der Waals surface area contributed by atoms with Gasteiger partial charge in [-0.3, -0.25) is 4.79 Å². The van der Waals surface area contributed by atoms with Crippen LogP contribution in [0.4, 0.5) is 0 Å². The van der Waals surface area contributed by atoms with Crippen molar-refractivity contribution in [3.05, 3.63) is 77.6 Å². The van der Waals surface area contributed by atoms with Crippen molar-refractivity contribution in [3.63, 3.8) is 0 Å². The lowest BCUT2D eigenvalue weighted by molar-refractivity contribution is 0.0919. The monoisotopic (exact) mass is 334 g/mol. The Hall–Kier alpha value is -3.15. The van der Waals surface area contributed by atoms with Crippen LogP contribution in [0, 0.1) is 0 Å². The minimum atomic E-state index is -0.221. The van der Waals surface area contributed by atoms with Crippen LogP contribution in [0.5, 0.6) is 5.75 Å². The molecule has 3 aromatic rings. The van der Waals surface area contributed by atoms with Crippen molar-refractivity contribution in [3.8, 4) is 5.75 Å². The highest BCUT2D eigenvalue weighted by molar-refractivity contribution is 5.92. The van der Waals surface area contributed by atoms with Gasteiger partial charge in [0.25, 0.3) is 5.91 Å². The van der Waals surface area contributed by atoms with Gasteiger partial charge in [-0.25, -0.2) is 4.68 Å². The summed E-state index contributed by atoms with van der Waals surface area (Å²) in [6.07, 6.45) is 2.41. The van der Waals surface area contributed by atoms with Gasteiger partial charge < -0.3 is 10.1 Å². The third kappa shape index (κ3) is 3.38. The van der Waals surface area contributed by atoms with E-state index < -0.39 is 0 Å². The predicted octanol–water partition coefficient (Wildman–Crippen LogP) is 2.58. The molecule has 1 aromatic heterocycles. The van der Waals surface area contributed by atoms with E-state index in [9.17, 15) is 4.79 Å². The molecular weight excluding hydrogens is 316 g/mol. The molecule has 0 spiro atoms. The van der Waals surface area contributed by atoms with E-state index in [4.69, 9.17) is 4.74 Å². The van der Waals surface area contributed by atoms with Crippen molar-refractivity contribution >= 4 is 5.91 Å². The zero-order valence-corrected chi connectivity index (χ0v) is 13.6. The number of amides is 1. The van der Waals surface area contributed by atoms with E-state index in [1.807, 2.05) is 54.6 Å². The second-order valence-corrected chi connectivity index (χ2v) is 5.99. The first-order valence-electron chi connectivity index (χ1n) is 8.26. The van der Waals surface area contributed by atoms with Gasteiger partial charge in [-0.05, 0) is 11.6 Å². The summed E-state index contributed by atoms with van der Waals surface area (Å²) in [7, 11) is 0. The first-order chi connectivity index (χ1) is 12.3. The van der Waals surface area contributed by atoms with Gasteiger partial charge in [-0.2, -0.15) is 0 Å². The van der Waals surface area contributed by atoms with Crippen LogP contribution in [-0.4, -0.2) is 27.5 Å². The molecule has 1 N–H and O–H groups in total. The number of nitrogens with zero attached hydrogens (tertiary/aromatic N) is 3. The van der Waals surface area contributed by atoms with E-state index in [1.165, 1.54) is 0 Å². The molecule has 0 fully saturated rings. The van der Waals surface area contributed by atoms with Crippen molar-refractivity contribution in [2.45, 2.75) is 19.0 Å².